The van der Waals surface area contributed by atoms with Crippen molar-refractivity contribution in [3.8, 4) is 17.4 Å². The van der Waals surface area contributed by atoms with Gasteiger partial charge in [-0.25, -0.2) is 4.98 Å². The summed E-state index contributed by atoms with van der Waals surface area (Å²) >= 11 is 6.27. The summed E-state index contributed by atoms with van der Waals surface area (Å²) in [5.41, 5.74) is 1.96. The first-order chi connectivity index (χ1) is 11.6. The van der Waals surface area contributed by atoms with Crippen molar-refractivity contribution in [1.82, 2.24) is 10.3 Å². The van der Waals surface area contributed by atoms with E-state index in [1.807, 2.05) is 44.2 Å². The first-order valence-electron chi connectivity index (χ1n) is 8.37. The van der Waals surface area contributed by atoms with Crippen LogP contribution in [0.2, 0.25) is 5.02 Å². The number of hydrogen-bond donors (Lipinski definition) is 1. The van der Waals surface area contributed by atoms with Gasteiger partial charge in [-0.05, 0) is 63.1 Å². The van der Waals surface area contributed by atoms with Gasteiger partial charge in [0.2, 0.25) is 0 Å². The summed E-state index contributed by atoms with van der Waals surface area (Å²) in [5.74, 6) is 2.23. The number of hydrogen-bond acceptors (Lipinski definition) is 4. The van der Waals surface area contributed by atoms with Crippen LogP contribution in [0.5, 0.6) is 17.4 Å². The molecule has 0 amide bonds. The van der Waals surface area contributed by atoms with Gasteiger partial charge in [-0.1, -0.05) is 17.7 Å². The molecule has 1 saturated heterocycles. The number of piperidine rings is 1. The zero-order valence-electron chi connectivity index (χ0n) is 14.1. The highest BCUT2D eigenvalue weighted by Gasteiger charge is 2.16. The standard InChI is InChI=1S/C19H23ClN2O2/c1-13-5-7-17(16(20)10-13)24-19-18(8-6-14(2)22-19)23-12-15-4-3-9-21-11-15/h5-8,10,15,21H,3-4,9,11-12H2,1-2H3/t15-/m0/s1. The normalized spacial score (nSPS) is 17.5. The maximum absolute atomic E-state index is 6.27. The Labute approximate surface area is 148 Å². The second-order valence-electron chi connectivity index (χ2n) is 6.32. The lowest BCUT2D eigenvalue weighted by atomic mass is 10.0. The van der Waals surface area contributed by atoms with E-state index in [-0.39, 0.29) is 0 Å². The highest BCUT2D eigenvalue weighted by atomic mass is 35.5. The zero-order chi connectivity index (χ0) is 16.9. The Bertz CT molecular complexity index is 700. The lowest BCUT2D eigenvalue weighted by Gasteiger charge is -2.23. The molecule has 0 aliphatic carbocycles. The van der Waals surface area contributed by atoms with E-state index in [2.05, 4.69) is 10.3 Å². The molecule has 0 spiro atoms. The molecule has 3 rings (SSSR count). The van der Waals surface area contributed by atoms with Gasteiger partial charge in [0.15, 0.2) is 5.75 Å². The fourth-order valence-electron chi connectivity index (χ4n) is 2.77. The molecule has 1 aliphatic rings. The van der Waals surface area contributed by atoms with Crippen LogP contribution in [0.15, 0.2) is 30.3 Å². The molecule has 5 heteroatoms. The van der Waals surface area contributed by atoms with E-state index in [1.54, 1.807) is 0 Å². The minimum atomic E-state index is 0.463. The smallest absolute Gasteiger partial charge is 0.262 e. The van der Waals surface area contributed by atoms with E-state index in [4.69, 9.17) is 21.1 Å². The highest BCUT2D eigenvalue weighted by Crippen LogP contribution is 2.34. The van der Waals surface area contributed by atoms with E-state index in [9.17, 15) is 0 Å². The molecule has 2 aromatic rings. The second-order valence-corrected chi connectivity index (χ2v) is 6.72. The second kappa shape index (κ2) is 7.86. The van der Waals surface area contributed by atoms with Crippen LogP contribution in [-0.4, -0.2) is 24.7 Å². The molecular weight excluding hydrogens is 324 g/mol. The first kappa shape index (κ1) is 17.1. The van der Waals surface area contributed by atoms with Gasteiger partial charge in [-0.2, -0.15) is 0 Å². The Morgan fingerprint density at radius 1 is 1.21 bits per heavy atom. The number of aromatic nitrogens is 1. The van der Waals surface area contributed by atoms with Crippen LogP contribution in [0.25, 0.3) is 0 Å². The molecule has 0 unspecified atom stereocenters. The van der Waals surface area contributed by atoms with E-state index < -0.39 is 0 Å². The predicted octanol–water partition coefficient (Wildman–Crippen LogP) is 4.52. The van der Waals surface area contributed by atoms with Crippen LogP contribution in [0.1, 0.15) is 24.1 Å². The summed E-state index contributed by atoms with van der Waals surface area (Å²) in [6, 6.07) is 9.54. The maximum atomic E-state index is 6.27. The van der Waals surface area contributed by atoms with Gasteiger partial charge in [0.25, 0.3) is 5.88 Å². The molecule has 1 aromatic heterocycles. The van der Waals surface area contributed by atoms with E-state index in [0.29, 0.717) is 34.9 Å². The van der Waals surface area contributed by atoms with Crippen LogP contribution in [0.3, 0.4) is 0 Å². The monoisotopic (exact) mass is 346 g/mol. The van der Waals surface area contributed by atoms with Crippen molar-refractivity contribution in [2.24, 2.45) is 5.92 Å². The SMILES string of the molecule is Cc1ccc(Oc2nc(C)ccc2OC[C@H]2CCCNC2)c(Cl)c1. The average Bonchev–Trinajstić information content (AvgIpc) is 2.57. The summed E-state index contributed by atoms with van der Waals surface area (Å²) in [5, 5.41) is 3.97. The van der Waals surface area contributed by atoms with E-state index >= 15 is 0 Å². The molecule has 2 heterocycles. The van der Waals surface area contributed by atoms with Crippen molar-refractivity contribution in [1.29, 1.82) is 0 Å². The van der Waals surface area contributed by atoms with Gasteiger partial charge in [0.05, 0.1) is 11.6 Å². The first-order valence-corrected chi connectivity index (χ1v) is 8.75. The van der Waals surface area contributed by atoms with Gasteiger partial charge >= 0.3 is 0 Å². The summed E-state index contributed by atoms with van der Waals surface area (Å²) in [6.07, 6.45) is 2.38. The topological polar surface area (TPSA) is 43.4 Å². The minimum Gasteiger partial charge on any atom is -0.488 e. The Kier molecular flexibility index (Phi) is 5.59. The third-order valence-electron chi connectivity index (χ3n) is 4.13. The fraction of sp³-hybridized carbons (Fsp3) is 0.421. The maximum Gasteiger partial charge on any atom is 0.262 e. The number of rotatable bonds is 5. The molecule has 1 aliphatic heterocycles. The summed E-state index contributed by atoms with van der Waals surface area (Å²) in [6.45, 7) is 6.68. The highest BCUT2D eigenvalue weighted by molar-refractivity contribution is 6.32. The van der Waals surface area contributed by atoms with Gasteiger partial charge < -0.3 is 14.8 Å². The van der Waals surface area contributed by atoms with Gasteiger partial charge in [0, 0.05) is 18.2 Å². The third-order valence-corrected chi connectivity index (χ3v) is 4.43. The summed E-state index contributed by atoms with van der Waals surface area (Å²) in [7, 11) is 0. The van der Waals surface area contributed by atoms with Crippen LogP contribution < -0.4 is 14.8 Å². The van der Waals surface area contributed by atoms with E-state index in [1.165, 1.54) is 12.8 Å². The summed E-state index contributed by atoms with van der Waals surface area (Å²) < 4.78 is 11.9. The number of halogens is 1. The van der Waals surface area contributed by atoms with E-state index in [0.717, 1.165) is 24.3 Å². The molecule has 0 radical (unpaired) electrons. The molecule has 1 fully saturated rings. The molecule has 1 N–H and O–H groups in total. The summed E-state index contributed by atoms with van der Waals surface area (Å²) in [4.78, 5) is 4.47. The number of benzene rings is 1. The van der Waals surface area contributed by atoms with Crippen LogP contribution in [0.4, 0.5) is 0 Å². The molecule has 1 aromatic carbocycles. The molecule has 0 saturated carbocycles. The van der Waals surface area contributed by atoms with Crippen LogP contribution >= 0.6 is 11.6 Å². The average molecular weight is 347 g/mol. The van der Waals surface area contributed by atoms with Crippen molar-refractivity contribution >= 4 is 11.6 Å². The Hall–Kier alpha value is -1.78. The van der Waals surface area contributed by atoms with Crippen LogP contribution in [-0.2, 0) is 0 Å². The van der Waals surface area contributed by atoms with Crippen molar-refractivity contribution in [3.05, 3.63) is 46.6 Å². The lowest BCUT2D eigenvalue weighted by molar-refractivity contribution is 0.211. The Morgan fingerprint density at radius 3 is 2.79 bits per heavy atom. The van der Waals surface area contributed by atoms with Crippen molar-refractivity contribution < 1.29 is 9.47 Å². The molecule has 128 valence electrons. The van der Waals surface area contributed by atoms with Gasteiger partial charge in [0.1, 0.15) is 5.75 Å². The molecule has 1 atom stereocenters. The fourth-order valence-corrected chi connectivity index (χ4v) is 3.04. The largest absolute Gasteiger partial charge is 0.488 e. The quantitative estimate of drug-likeness (QED) is 0.864. The number of pyridine rings is 1. The van der Waals surface area contributed by atoms with Crippen molar-refractivity contribution in [2.45, 2.75) is 26.7 Å². The molecule has 0 bridgehead atoms. The molecular formula is C19H23ClN2O2. The number of nitrogens with zero attached hydrogens (tertiary/aromatic N) is 1. The molecule has 4 nitrogen and oxygen atoms in total. The molecule has 24 heavy (non-hydrogen) atoms. The lowest BCUT2D eigenvalue weighted by Crippen LogP contribution is -2.33. The Balaban J connectivity index is 1.74. The minimum absolute atomic E-state index is 0.463. The van der Waals surface area contributed by atoms with Crippen molar-refractivity contribution in [2.75, 3.05) is 19.7 Å². The van der Waals surface area contributed by atoms with Gasteiger partial charge in [-0.15, -0.1) is 0 Å². The number of aryl methyl sites for hydroxylation is 2. The van der Waals surface area contributed by atoms with Gasteiger partial charge in [-0.3, -0.25) is 0 Å². The predicted molar refractivity (Wildman–Crippen MR) is 96.3 cm³/mol. The number of ether oxygens (including phenoxy) is 2. The van der Waals surface area contributed by atoms with Crippen molar-refractivity contribution in [3.63, 3.8) is 0 Å². The Morgan fingerprint density at radius 2 is 2.04 bits per heavy atom. The number of nitrogens with one attached hydrogen (secondary N) is 1. The third kappa shape index (κ3) is 4.40. The van der Waals surface area contributed by atoms with Crippen LogP contribution in [0, 0.1) is 19.8 Å². The zero-order valence-corrected chi connectivity index (χ0v) is 14.9.